The number of benzene rings is 1. The second kappa shape index (κ2) is 7.33. The molecule has 0 amide bonds. The van der Waals surface area contributed by atoms with Crippen LogP contribution in [0.1, 0.15) is 5.56 Å². The Morgan fingerprint density at radius 1 is 1.30 bits per heavy atom. The van der Waals surface area contributed by atoms with Gasteiger partial charge < -0.3 is 5.32 Å². The number of hydrogen-bond acceptors (Lipinski definition) is 3. The molecule has 1 aromatic carbocycles. The van der Waals surface area contributed by atoms with E-state index in [1.807, 2.05) is 0 Å². The third-order valence-corrected chi connectivity index (χ3v) is 4.59. The minimum atomic E-state index is -3.79. The summed E-state index contributed by atoms with van der Waals surface area (Å²) < 4.78 is 39.8. The Bertz CT molecular complexity index is 575. The average molecular weight is 298 g/mol. The van der Waals surface area contributed by atoms with Gasteiger partial charge in [0.25, 0.3) is 0 Å². The van der Waals surface area contributed by atoms with E-state index in [4.69, 9.17) is 0 Å². The molecule has 1 N–H and O–H groups in total. The Hall–Kier alpha value is -1.50. The highest BCUT2D eigenvalue weighted by Crippen LogP contribution is 2.21. The summed E-state index contributed by atoms with van der Waals surface area (Å²) >= 11 is 0. The van der Waals surface area contributed by atoms with Gasteiger partial charge in [0.05, 0.1) is 4.90 Å². The molecular formula is C14H19FN2O2S. The van der Waals surface area contributed by atoms with Crippen LogP contribution >= 0.6 is 0 Å². The van der Waals surface area contributed by atoms with Gasteiger partial charge in [-0.2, -0.15) is 4.31 Å². The molecule has 0 aliphatic carbocycles. The molecule has 0 aliphatic heterocycles. The highest BCUT2D eigenvalue weighted by atomic mass is 32.2. The Labute approximate surface area is 119 Å². The number of sulfonamides is 1. The smallest absolute Gasteiger partial charge is 0.244 e. The quantitative estimate of drug-likeness (QED) is 0.746. The van der Waals surface area contributed by atoms with Crippen LogP contribution in [0.4, 0.5) is 4.39 Å². The van der Waals surface area contributed by atoms with E-state index in [-0.39, 0.29) is 18.0 Å². The SMILES string of the molecule is C=CCN(CC=C)S(=O)(=O)c1cc(F)ccc1CNC. The van der Waals surface area contributed by atoms with Crippen molar-refractivity contribution in [2.24, 2.45) is 0 Å². The van der Waals surface area contributed by atoms with Gasteiger partial charge in [-0.3, -0.25) is 0 Å². The summed E-state index contributed by atoms with van der Waals surface area (Å²) in [5, 5.41) is 2.87. The molecule has 0 aliphatic rings. The second-order valence-electron chi connectivity index (χ2n) is 4.18. The molecule has 4 nitrogen and oxygen atoms in total. The van der Waals surface area contributed by atoms with E-state index in [1.165, 1.54) is 28.6 Å². The number of rotatable bonds is 8. The molecule has 1 rings (SSSR count). The molecule has 0 aromatic heterocycles. The summed E-state index contributed by atoms with van der Waals surface area (Å²) in [6.07, 6.45) is 2.97. The summed E-state index contributed by atoms with van der Waals surface area (Å²) in [7, 11) is -2.09. The van der Waals surface area contributed by atoms with Crippen molar-refractivity contribution in [2.45, 2.75) is 11.4 Å². The molecule has 0 saturated heterocycles. The minimum Gasteiger partial charge on any atom is -0.316 e. The molecular weight excluding hydrogens is 279 g/mol. The van der Waals surface area contributed by atoms with Crippen LogP contribution in [0.25, 0.3) is 0 Å². The first-order valence-corrected chi connectivity index (χ1v) is 7.56. The molecule has 0 atom stereocenters. The van der Waals surface area contributed by atoms with Gasteiger partial charge >= 0.3 is 0 Å². The Morgan fingerprint density at radius 3 is 2.40 bits per heavy atom. The van der Waals surface area contributed by atoms with Gasteiger partial charge in [0, 0.05) is 19.6 Å². The van der Waals surface area contributed by atoms with Crippen molar-refractivity contribution in [1.82, 2.24) is 9.62 Å². The van der Waals surface area contributed by atoms with E-state index in [2.05, 4.69) is 18.5 Å². The van der Waals surface area contributed by atoms with E-state index < -0.39 is 15.8 Å². The third kappa shape index (κ3) is 3.75. The van der Waals surface area contributed by atoms with Gasteiger partial charge in [-0.05, 0) is 24.7 Å². The molecule has 20 heavy (non-hydrogen) atoms. The number of nitrogens with one attached hydrogen (secondary N) is 1. The molecule has 0 radical (unpaired) electrons. The number of hydrogen-bond donors (Lipinski definition) is 1. The third-order valence-electron chi connectivity index (χ3n) is 2.68. The van der Waals surface area contributed by atoms with E-state index in [0.29, 0.717) is 12.1 Å². The van der Waals surface area contributed by atoms with Gasteiger partial charge in [0.2, 0.25) is 10.0 Å². The standard InChI is InChI=1S/C14H19FN2O2S/c1-4-8-17(9-5-2)20(18,19)14-10-13(15)7-6-12(14)11-16-3/h4-7,10,16H,1-2,8-9,11H2,3H3. The molecule has 1 aromatic rings. The topological polar surface area (TPSA) is 49.4 Å². The average Bonchev–Trinajstić information content (AvgIpc) is 2.40. The van der Waals surface area contributed by atoms with Crippen LogP contribution in [0, 0.1) is 5.82 Å². The van der Waals surface area contributed by atoms with Crippen molar-refractivity contribution >= 4 is 10.0 Å². The lowest BCUT2D eigenvalue weighted by Gasteiger charge is -2.21. The molecule has 0 unspecified atom stereocenters. The molecule has 0 heterocycles. The summed E-state index contributed by atoms with van der Waals surface area (Å²) in [6, 6.07) is 3.76. The maximum Gasteiger partial charge on any atom is 0.244 e. The van der Waals surface area contributed by atoms with E-state index in [0.717, 1.165) is 6.07 Å². The van der Waals surface area contributed by atoms with E-state index in [9.17, 15) is 12.8 Å². The van der Waals surface area contributed by atoms with Crippen molar-refractivity contribution in [1.29, 1.82) is 0 Å². The van der Waals surface area contributed by atoms with Crippen LogP contribution in [0.15, 0.2) is 48.4 Å². The molecule has 0 saturated carbocycles. The summed E-state index contributed by atoms with van der Waals surface area (Å²) in [4.78, 5) is -0.0319. The van der Waals surface area contributed by atoms with Crippen LogP contribution in [0.3, 0.4) is 0 Å². The lowest BCUT2D eigenvalue weighted by Crippen LogP contribution is -2.32. The predicted molar refractivity (Wildman–Crippen MR) is 78.3 cm³/mol. The summed E-state index contributed by atoms with van der Waals surface area (Å²) in [5.41, 5.74) is 0.520. The van der Waals surface area contributed by atoms with Crippen LogP contribution in [0.2, 0.25) is 0 Å². The first-order valence-electron chi connectivity index (χ1n) is 6.12. The highest BCUT2D eigenvalue weighted by Gasteiger charge is 2.25. The Morgan fingerprint density at radius 2 is 1.90 bits per heavy atom. The van der Waals surface area contributed by atoms with Gasteiger partial charge in [0.15, 0.2) is 0 Å². The zero-order valence-corrected chi connectivity index (χ0v) is 12.3. The second-order valence-corrected chi connectivity index (χ2v) is 6.09. The fourth-order valence-electron chi connectivity index (χ4n) is 1.80. The van der Waals surface area contributed by atoms with Gasteiger partial charge in [-0.25, -0.2) is 12.8 Å². The van der Waals surface area contributed by atoms with Crippen LogP contribution in [-0.4, -0.2) is 32.9 Å². The Kier molecular flexibility index (Phi) is 6.06. The van der Waals surface area contributed by atoms with Gasteiger partial charge in [-0.1, -0.05) is 18.2 Å². The summed E-state index contributed by atoms with van der Waals surface area (Å²) in [6.45, 7) is 7.70. The lowest BCUT2D eigenvalue weighted by atomic mass is 10.2. The minimum absolute atomic E-state index is 0.0319. The normalized spacial score (nSPS) is 11.6. The predicted octanol–water partition coefficient (Wildman–Crippen LogP) is 1.91. The first-order chi connectivity index (χ1) is 9.47. The largest absolute Gasteiger partial charge is 0.316 e. The monoisotopic (exact) mass is 298 g/mol. The fraction of sp³-hybridized carbons (Fsp3) is 0.286. The van der Waals surface area contributed by atoms with Crippen LogP contribution in [-0.2, 0) is 16.6 Å². The molecule has 0 bridgehead atoms. The first kappa shape index (κ1) is 16.6. The molecule has 110 valence electrons. The van der Waals surface area contributed by atoms with E-state index >= 15 is 0 Å². The van der Waals surface area contributed by atoms with Crippen LogP contribution in [0.5, 0.6) is 0 Å². The van der Waals surface area contributed by atoms with Crippen molar-refractivity contribution in [3.05, 3.63) is 54.9 Å². The zero-order valence-electron chi connectivity index (χ0n) is 11.5. The zero-order chi connectivity index (χ0) is 15.2. The fourth-order valence-corrected chi connectivity index (χ4v) is 3.42. The molecule has 6 heteroatoms. The maximum absolute atomic E-state index is 13.4. The highest BCUT2D eigenvalue weighted by molar-refractivity contribution is 7.89. The van der Waals surface area contributed by atoms with Gasteiger partial charge in [-0.15, -0.1) is 13.2 Å². The number of halogens is 1. The Balaban J connectivity index is 3.34. The van der Waals surface area contributed by atoms with Crippen molar-refractivity contribution < 1.29 is 12.8 Å². The molecule has 0 fully saturated rings. The van der Waals surface area contributed by atoms with Crippen molar-refractivity contribution in [3.8, 4) is 0 Å². The maximum atomic E-state index is 13.4. The lowest BCUT2D eigenvalue weighted by molar-refractivity contribution is 0.472. The molecule has 0 spiro atoms. The van der Waals surface area contributed by atoms with Crippen molar-refractivity contribution in [3.63, 3.8) is 0 Å². The van der Waals surface area contributed by atoms with Crippen LogP contribution < -0.4 is 5.32 Å². The summed E-state index contributed by atoms with van der Waals surface area (Å²) in [5.74, 6) is -0.583. The number of nitrogens with zero attached hydrogens (tertiary/aromatic N) is 1. The van der Waals surface area contributed by atoms with Gasteiger partial charge in [0.1, 0.15) is 5.82 Å². The van der Waals surface area contributed by atoms with E-state index in [1.54, 1.807) is 7.05 Å². The van der Waals surface area contributed by atoms with Crippen molar-refractivity contribution in [2.75, 3.05) is 20.1 Å².